The number of rotatable bonds is 10. The van der Waals surface area contributed by atoms with E-state index in [1.165, 1.54) is 0 Å². The highest BCUT2D eigenvalue weighted by molar-refractivity contribution is 5.93. The molecule has 2 heterocycles. The van der Waals surface area contributed by atoms with Gasteiger partial charge in [0, 0.05) is 37.5 Å². The maximum atomic E-state index is 12.7. The molecule has 250 valence electrons. The lowest BCUT2D eigenvalue weighted by molar-refractivity contribution is 0.0185. The van der Waals surface area contributed by atoms with E-state index in [4.69, 9.17) is 29.0 Å². The van der Waals surface area contributed by atoms with Crippen molar-refractivity contribution in [3.05, 3.63) is 96.7 Å². The van der Waals surface area contributed by atoms with E-state index in [1.807, 2.05) is 117 Å². The molecule has 1 aliphatic carbocycles. The van der Waals surface area contributed by atoms with Crippen LogP contribution in [0, 0.1) is 0 Å². The smallest absolute Gasteiger partial charge is 0.410 e. The predicted molar refractivity (Wildman–Crippen MR) is 186 cm³/mol. The Morgan fingerprint density at radius 2 is 1.56 bits per heavy atom. The fourth-order valence-corrected chi connectivity index (χ4v) is 5.91. The number of carbonyl (C=O) groups is 1. The molecule has 10 heteroatoms. The number of methoxy groups -OCH3 is 1. The number of nitrogens with one attached hydrogen (secondary N) is 1. The molecule has 0 bridgehead atoms. The van der Waals surface area contributed by atoms with Gasteiger partial charge in [0.25, 0.3) is 0 Å². The van der Waals surface area contributed by atoms with E-state index in [0.29, 0.717) is 35.3 Å². The minimum Gasteiger partial charge on any atom is -0.497 e. The first-order valence-corrected chi connectivity index (χ1v) is 16.4. The number of pyridine rings is 1. The average molecular weight is 650 g/mol. The number of para-hydroxylation sites is 1. The van der Waals surface area contributed by atoms with E-state index in [9.17, 15) is 4.79 Å². The molecule has 1 N–H and O–H groups in total. The largest absolute Gasteiger partial charge is 0.497 e. The SMILES string of the molecule is COc1ccc(Cn2nc(NC3CCC(N(C)C(=O)OC(C)(C)C)CC3)c3c(Oc4cccc(Oc5ccccc5)c4)ccnc32)cc1. The van der Waals surface area contributed by atoms with Gasteiger partial charge in [0.15, 0.2) is 11.5 Å². The number of hydrogen-bond acceptors (Lipinski definition) is 8. The quantitative estimate of drug-likeness (QED) is 0.160. The van der Waals surface area contributed by atoms with Crippen LogP contribution in [0.15, 0.2) is 91.1 Å². The Morgan fingerprint density at radius 3 is 2.25 bits per heavy atom. The number of benzene rings is 3. The third-order valence-electron chi connectivity index (χ3n) is 8.37. The van der Waals surface area contributed by atoms with Crippen molar-refractivity contribution in [2.75, 3.05) is 19.5 Å². The van der Waals surface area contributed by atoms with Crippen LogP contribution in [-0.2, 0) is 11.3 Å². The molecule has 2 aromatic heterocycles. The number of nitrogens with zero attached hydrogens (tertiary/aromatic N) is 4. The van der Waals surface area contributed by atoms with Gasteiger partial charge >= 0.3 is 6.09 Å². The summed E-state index contributed by atoms with van der Waals surface area (Å²) in [6.45, 7) is 6.19. The Labute approximate surface area is 281 Å². The van der Waals surface area contributed by atoms with E-state index in [-0.39, 0.29) is 18.2 Å². The van der Waals surface area contributed by atoms with E-state index in [0.717, 1.165) is 48.1 Å². The fourth-order valence-electron chi connectivity index (χ4n) is 5.91. The van der Waals surface area contributed by atoms with Gasteiger partial charge in [-0.1, -0.05) is 36.4 Å². The van der Waals surface area contributed by atoms with Gasteiger partial charge in [-0.05, 0) is 88.4 Å². The second kappa shape index (κ2) is 14.3. The molecule has 1 aliphatic rings. The van der Waals surface area contributed by atoms with Crippen LogP contribution in [0.1, 0.15) is 52.0 Å². The van der Waals surface area contributed by atoms with Gasteiger partial charge < -0.3 is 29.2 Å². The zero-order valence-electron chi connectivity index (χ0n) is 28.2. The van der Waals surface area contributed by atoms with Crippen molar-refractivity contribution in [1.82, 2.24) is 19.7 Å². The Balaban J connectivity index is 1.25. The predicted octanol–water partition coefficient (Wildman–Crippen LogP) is 8.66. The zero-order valence-corrected chi connectivity index (χ0v) is 28.2. The number of anilines is 1. The maximum absolute atomic E-state index is 12.7. The van der Waals surface area contributed by atoms with Crippen molar-refractivity contribution in [1.29, 1.82) is 0 Å². The molecular formula is C38H43N5O5. The number of aromatic nitrogens is 3. The number of ether oxygens (including phenoxy) is 4. The summed E-state index contributed by atoms with van der Waals surface area (Å²) in [5.41, 5.74) is 1.25. The molecule has 0 atom stereocenters. The van der Waals surface area contributed by atoms with E-state index in [1.54, 1.807) is 18.2 Å². The first kappa shape index (κ1) is 32.7. The van der Waals surface area contributed by atoms with E-state index in [2.05, 4.69) is 5.32 Å². The molecule has 0 spiro atoms. The highest BCUT2D eigenvalue weighted by atomic mass is 16.6. The second-order valence-corrected chi connectivity index (χ2v) is 13.1. The van der Waals surface area contributed by atoms with Gasteiger partial charge in [-0.3, -0.25) is 0 Å². The van der Waals surface area contributed by atoms with Crippen LogP contribution < -0.4 is 19.5 Å². The van der Waals surface area contributed by atoms with Crippen molar-refractivity contribution in [3.63, 3.8) is 0 Å². The summed E-state index contributed by atoms with van der Waals surface area (Å²) < 4.78 is 25.4. The van der Waals surface area contributed by atoms with Gasteiger partial charge in [0.1, 0.15) is 39.7 Å². The monoisotopic (exact) mass is 649 g/mol. The van der Waals surface area contributed by atoms with Crippen LogP contribution in [0.4, 0.5) is 10.6 Å². The van der Waals surface area contributed by atoms with Crippen LogP contribution in [0.2, 0.25) is 0 Å². The lowest BCUT2D eigenvalue weighted by Crippen LogP contribution is -2.43. The fraction of sp³-hybridized carbons (Fsp3) is 0.342. The molecule has 0 aliphatic heterocycles. The van der Waals surface area contributed by atoms with Crippen molar-refractivity contribution in [2.45, 2.75) is 70.7 Å². The first-order valence-electron chi connectivity index (χ1n) is 16.4. The molecule has 48 heavy (non-hydrogen) atoms. The molecule has 3 aromatic carbocycles. The Kier molecular flexibility index (Phi) is 9.70. The van der Waals surface area contributed by atoms with Gasteiger partial charge in [0.2, 0.25) is 0 Å². The number of amides is 1. The molecule has 5 aromatic rings. The molecule has 10 nitrogen and oxygen atoms in total. The lowest BCUT2D eigenvalue weighted by atomic mass is 9.90. The molecule has 0 saturated heterocycles. The van der Waals surface area contributed by atoms with Crippen LogP contribution in [0.3, 0.4) is 0 Å². The number of fused-ring (bicyclic) bond motifs is 1. The summed E-state index contributed by atoms with van der Waals surface area (Å²) in [7, 11) is 3.49. The third kappa shape index (κ3) is 7.99. The number of carbonyl (C=O) groups excluding carboxylic acids is 1. The molecule has 1 fully saturated rings. The standard InChI is InChI=1S/C38H43N5O5/c1-38(2,3)48-37(44)42(4)28-18-16-27(17-19-28)40-35-34-33(47-32-13-9-12-31(24-32)46-30-10-7-6-8-11-30)22-23-39-36(34)43(41-35)25-26-14-20-29(45-5)21-15-26/h6-15,20-24,27-28H,16-19,25H2,1-5H3,(H,40,41). The molecule has 0 unspecified atom stereocenters. The summed E-state index contributed by atoms with van der Waals surface area (Å²) in [6.07, 6.45) is 4.92. The summed E-state index contributed by atoms with van der Waals surface area (Å²) in [6, 6.07) is 27.3. The zero-order chi connectivity index (χ0) is 33.7. The summed E-state index contributed by atoms with van der Waals surface area (Å²) in [4.78, 5) is 19.2. The van der Waals surface area contributed by atoms with Crippen LogP contribution in [0.25, 0.3) is 11.0 Å². The van der Waals surface area contributed by atoms with Crippen LogP contribution in [0.5, 0.6) is 28.7 Å². The summed E-state index contributed by atoms with van der Waals surface area (Å²) in [5, 5.41) is 9.56. The van der Waals surface area contributed by atoms with Crippen molar-refractivity contribution >= 4 is 22.9 Å². The Hall–Kier alpha value is -5.25. The maximum Gasteiger partial charge on any atom is 0.410 e. The topological polar surface area (TPSA) is 100.0 Å². The molecule has 0 radical (unpaired) electrons. The highest BCUT2D eigenvalue weighted by Crippen LogP contribution is 2.37. The van der Waals surface area contributed by atoms with E-state index >= 15 is 0 Å². The molecule has 1 saturated carbocycles. The minimum absolute atomic E-state index is 0.119. The molecular weight excluding hydrogens is 606 g/mol. The first-order chi connectivity index (χ1) is 23.1. The normalized spacial score (nSPS) is 16.3. The number of hydrogen-bond donors (Lipinski definition) is 1. The van der Waals surface area contributed by atoms with Crippen LogP contribution in [-0.4, -0.2) is 57.6 Å². The lowest BCUT2D eigenvalue weighted by Gasteiger charge is -2.35. The van der Waals surface area contributed by atoms with Gasteiger partial charge in [0.05, 0.1) is 13.7 Å². The minimum atomic E-state index is -0.528. The second-order valence-electron chi connectivity index (χ2n) is 13.1. The van der Waals surface area contributed by atoms with E-state index < -0.39 is 5.60 Å². The van der Waals surface area contributed by atoms with Gasteiger partial charge in [-0.15, -0.1) is 0 Å². The van der Waals surface area contributed by atoms with Crippen LogP contribution >= 0.6 is 0 Å². The highest BCUT2D eigenvalue weighted by Gasteiger charge is 2.30. The molecule has 6 rings (SSSR count). The Bertz CT molecular complexity index is 1830. The van der Waals surface area contributed by atoms with Crippen molar-refractivity contribution < 1.29 is 23.7 Å². The Morgan fingerprint density at radius 1 is 0.875 bits per heavy atom. The summed E-state index contributed by atoms with van der Waals surface area (Å²) in [5.74, 6) is 4.20. The summed E-state index contributed by atoms with van der Waals surface area (Å²) >= 11 is 0. The van der Waals surface area contributed by atoms with Gasteiger partial charge in [-0.25, -0.2) is 14.5 Å². The molecule has 1 amide bonds. The van der Waals surface area contributed by atoms with Crippen molar-refractivity contribution in [3.8, 4) is 28.7 Å². The average Bonchev–Trinajstić information content (AvgIpc) is 3.42. The van der Waals surface area contributed by atoms with Gasteiger partial charge in [-0.2, -0.15) is 5.10 Å². The van der Waals surface area contributed by atoms with Crippen molar-refractivity contribution in [2.24, 2.45) is 0 Å². The third-order valence-corrected chi connectivity index (χ3v) is 8.37.